The minimum Gasteiger partial charge on any atom is -0.322 e. The van der Waals surface area contributed by atoms with E-state index in [1.165, 1.54) is 16.4 Å². The van der Waals surface area contributed by atoms with E-state index in [0.717, 1.165) is 30.2 Å². The van der Waals surface area contributed by atoms with Crippen LogP contribution >= 0.6 is 11.6 Å². The van der Waals surface area contributed by atoms with Crippen molar-refractivity contribution in [2.24, 2.45) is 0 Å². The molecule has 0 unspecified atom stereocenters. The van der Waals surface area contributed by atoms with Crippen molar-refractivity contribution in [2.45, 2.75) is 24.2 Å². The molecule has 0 radical (unpaired) electrons. The standard InChI is InChI=1S/C25H25ClFN3O3S/c1-28-13-12-17-5-2-7-20(15-17)34(32,33)30-14-4-6-18-10-11-19(16-23(18)30)29-25(31)24-21(26)8-3-9-22(24)27/h2-3,5,7-11,15-16,28H,4,6,12-14H2,1H3,(H,29,31). The highest BCUT2D eigenvalue weighted by molar-refractivity contribution is 7.92. The van der Waals surface area contributed by atoms with Crippen LogP contribution < -0.4 is 14.9 Å². The first-order valence-electron chi connectivity index (χ1n) is 11.0. The number of benzene rings is 3. The molecule has 3 aromatic carbocycles. The van der Waals surface area contributed by atoms with Crippen molar-refractivity contribution in [3.63, 3.8) is 0 Å². The number of carbonyl (C=O) groups excluding carboxylic acids is 1. The van der Waals surface area contributed by atoms with Gasteiger partial charge in [0, 0.05) is 12.2 Å². The summed E-state index contributed by atoms with van der Waals surface area (Å²) in [5.74, 6) is -1.43. The summed E-state index contributed by atoms with van der Waals surface area (Å²) in [6, 6.07) is 16.1. The molecule has 4 rings (SSSR count). The highest BCUT2D eigenvalue weighted by Crippen LogP contribution is 2.34. The van der Waals surface area contributed by atoms with E-state index in [9.17, 15) is 17.6 Å². The van der Waals surface area contributed by atoms with E-state index in [0.29, 0.717) is 30.8 Å². The quantitative estimate of drug-likeness (QED) is 0.494. The van der Waals surface area contributed by atoms with Crippen molar-refractivity contribution in [2.75, 3.05) is 29.8 Å². The molecule has 0 aromatic heterocycles. The average Bonchev–Trinajstić information content (AvgIpc) is 2.82. The molecule has 1 aliphatic rings. The summed E-state index contributed by atoms with van der Waals surface area (Å²) in [5, 5.41) is 5.71. The summed E-state index contributed by atoms with van der Waals surface area (Å²) in [4.78, 5) is 12.9. The predicted molar refractivity (Wildman–Crippen MR) is 133 cm³/mol. The molecule has 178 valence electrons. The summed E-state index contributed by atoms with van der Waals surface area (Å²) in [6.07, 6.45) is 2.12. The third-order valence-corrected chi connectivity index (χ3v) is 7.88. The van der Waals surface area contributed by atoms with Gasteiger partial charge in [-0.3, -0.25) is 9.10 Å². The molecular weight excluding hydrogens is 477 g/mol. The van der Waals surface area contributed by atoms with Crippen LogP contribution in [0.4, 0.5) is 15.8 Å². The summed E-state index contributed by atoms with van der Waals surface area (Å²) >= 11 is 6.01. The van der Waals surface area contributed by atoms with Crippen LogP contribution in [0.5, 0.6) is 0 Å². The van der Waals surface area contributed by atoms with Crippen LogP contribution in [0, 0.1) is 5.82 Å². The van der Waals surface area contributed by atoms with Gasteiger partial charge in [0.1, 0.15) is 5.82 Å². The highest BCUT2D eigenvalue weighted by Gasteiger charge is 2.30. The Morgan fingerprint density at radius 2 is 1.91 bits per heavy atom. The van der Waals surface area contributed by atoms with Crippen LogP contribution in [0.25, 0.3) is 0 Å². The molecule has 0 spiro atoms. The van der Waals surface area contributed by atoms with Gasteiger partial charge >= 0.3 is 0 Å². The minimum absolute atomic E-state index is 0.00202. The van der Waals surface area contributed by atoms with Crippen LogP contribution in [0.1, 0.15) is 27.9 Å². The SMILES string of the molecule is CNCCc1cccc(S(=O)(=O)N2CCCc3ccc(NC(=O)c4c(F)cccc4Cl)cc32)c1. The molecule has 1 amide bonds. The monoisotopic (exact) mass is 501 g/mol. The molecule has 0 saturated carbocycles. The van der Waals surface area contributed by atoms with E-state index in [2.05, 4.69) is 10.6 Å². The number of hydrogen-bond acceptors (Lipinski definition) is 4. The fraction of sp³-hybridized carbons (Fsp3) is 0.240. The molecule has 6 nitrogen and oxygen atoms in total. The molecule has 0 aliphatic carbocycles. The lowest BCUT2D eigenvalue weighted by atomic mass is 10.0. The maximum atomic E-state index is 14.2. The molecule has 1 heterocycles. The number of hydrogen-bond donors (Lipinski definition) is 2. The molecule has 0 fully saturated rings. The summed E-state index contributed by atoms with van der Waals surface area (Å²) in [6.45, 7) is 1.07. The van der Waals surface area contributed by atoms with Gasteiger partial charge < -0.3 is 10.6 Å². The topological polar surface area (TPSA) is 78.5 Å². The number of rotatable bonds is 7. The Labute approximate surface area is 203 Å². The Hall–Kier alpha value is -2.94. The first-order valence-corrected chi connectivity index (χ1v) is 12.8. The first-order chi connectivity index (χ1) is 16.3. The van der Waals surface area contributed by atoms with Crippen molar-refractivity contribution >= 4 is 38.9 Å². The summed E-state index contributed by atoms with van der Waals surface area (Å²) in [5.41, 5.74) is 2.39. The zero-order valence-electron chi connectivity index (χ0n) is 18.6. The van der Waals surface area contributed by atoms with Crippen LogP contribution in [0.2, 0.25) is 5.02 Å². The maximum Gasteiger partial charge on any atom is 0.264 e. The van der Waals surface area contributed by atoms with Crippen molar-refractivity contribution in [1.82, 2.24) is 5.32 Å². The number of nitrogens with zero attached hydrogens (tertiary/aromatic N) is 1. The molecular formula is C25H25ClFN3O3S. The lowest BCUT2D eigenvalue weighted by Gasteiger charge is -2.31. The number of amides is 1. The van der Waals surface area contributed by atoms with Crippen LogP contribution in [-0.2, 0) is 22.9 Å². The third kappa shape index (κ3) is 4.94. The first kappa shape index (κ1) is 24.2. The molecule has 2 N–H and O–H groups in total. The Kier molecular flexibility index (Phi) is 7.21. The van der Waals surface area contributed by atoms with Crippen molar-refractivity contribution < 1.29 is 17.6 Å². The van der Waals surface area contributed by atoms with Gasteiger partial charge in [0.25, 0.3) is 15.9 Å². The number of carbonyl (C=O) groups is 1. The number of aryl methyl sites for hydroxylation is 1. The average molecular weight is 502 g/mol. The Morgan fingerprint density at radius 1 is 1.12 bits per heavy atom. The lowest BCUT2D eigenvalue weighted by molar-refractivity contribution is 0.102. The molecule has 0 atom stereocenters. The van der Waals surface area contributed by atoms with E-state index in [4.69, 9.17) is 11.6 Å². The van der Waals surface area contributed by atoms with E-state index in [-0.39, 0.29) is 15.5 Å². The van der Waals surface area contributed by atoms with Crippen molar-refractivity contribution in [1.29, 1.82) is 0 Å². The lowest BCUT2D eigenvalue weighted by Crippen LogP contribution is -2.35. The van der Waals surface area contributed by atoms with Gasteiger partial charge in [0.15, 0.2) is 0 Å². The predicted octanol–water partition coefficient (Wildman–Crippen LogP) is 4.63. The van der Waals surface area contributed by atoms with Crippen LogP contribution in [0.3, 0.4) is 0 Å². The second kappa shape index (κ2) is 10.1. The van der Waals surface area contributed by atoms with Gasteiger partial charge in [-0.05, 0) is 80.4 Å². The largest absolute Gasteiger partial charge is 0.322 e. The molecule has 0 saturated heterocycles. The number of likely N-dealkylation sites (N-methyl/N-ethyl adjacent to an activating group) is 1. The molecule has 1 aliphatic heterocycles. The number of nitrogens with one attached hydrogen (secondary N) is 2. The van der Waals surface area contributed by atoms with Crippen molar-refractivity contribution in [3.8, 4) is 0 Å². The third-order valence-electron chi connectivity index (χ3n) is 5.76. The second-order valence-corrected chi connectivity index (χ2v) is 10.3. The van der Waals surface area contributed by atoms with E-state index >= 15 is 0 Å². The number of sulfonamides is 1. The van der Waals surface area contributed by atoms with Gasteiger partial charge in [-0.25, -0.2) is 12.8 Å². The fourth-order valence-corrected chi connectivity index (χ4v) is 5.89. The minimum atomic E-state index is -3.81. The normalized spacial score (nSPS) is 13.4. The van der Waals surface area contributed by atoms with E-state index in [1.54, 1.807) is 36.4 Å². The summed E-state index contributed by atoms with van der Waals surface area (Å²) in [7, 11) is -1.97. The van der Waals surface area contributed by atoms with E-state index in [1.807, 2.05) is 13.1 Å². The van der Waals surface area contributed by atoms with Gasteiger partial charge in [0.2, 0.25) is 0 Å². The van der Waals surface area contributed by atoms with Gasteiger partial charge in [0.05, 0.1) is 21.2 Å². The van der Waals surface area contributed by atoms with Crippen LogP contribution in [-0.4, -0.2) is 34.5 Å². The number of fused-ring (bicyclic) bond motifs is 1. The van der Waals surface area contributed by atoms with Crippen LogP contribution in [0.15, 0.2) is 65.6 Å². The second-order valence-electron chi connectivity index (χ2n) is 8.08. The molecule has 0 bridgehead atoms. The maximum absolute atomic E-state index is 14.2. The number of halogens is 2. The summed E-state index contributed by atoms with van der Waals surface area (Å²) < 4.78 is 42.7. The Balaban J connectivity index is 1.65. The number of anilines is 2. The van der Waals surface area contributed by atoms with Crippen molar-refractivity contribution in [3.05, 3.63) is 88.2 Å². The molecule has 34 heavy (non-hydrogen) atoms. The zero-order valence-corrected chi connectivity index (χ0v) is 20.2. The Morgan fingerprint density at radius 3 is 2.68 bits per heavy atom. The zero-order chi connectivity index (χ0) is 24.3. The molecule has 9 heteroatoms. The highest BCUT2D eigenvalue weighted by atomic mass is 35.5. The van der Waals surface area contributed by atoms with E-state index < -0.39 is 21.7 Å². The molecule has 3 aromatic rings. The van der Waals surface area contributed by atoms with Gasteiger partial charge in [-0.2, -0.15) is 0 Å². The Bertz CT molecular complexity index is 1310. The van der Waals surface area contributed by atoms with Gasteiger partial charge in [-0.15, -0.1) is 0 Å². The van der Waals surface area contributed by atoms with Gasteiger partial charge in [-0.1, -0.05) is 35.9 Å². The smallest absolute Gasteiger partial charge is 0.264 e. The fourth-order valence-electron chi connectivity index (χ4n) is 4.03.